The first-order chi connectivity index (χ1) is 6.33. The first-order valence-corrected chi connectivity index (χ1v) is 5.13. The SMILES string of the molecule is COC(C)CNC1=NCCCCC1. The minimum atomic E-state index is 0.269. The highest BCUT2D eigenvalue weighted by molar-refractivity contribution is 5.82. The van der Waals surface area contributed by atoms with Crippen molar-refractivity contribution in [2.24, 2.45) is 4.99 Å². The Labute approximate surface area is 80.6 Å². The average molecular weight is 184 g/mol. The lowest BCUT2D eigenvalue weighted by molar-refractivity contribution is 0.121. The number of hydrogen-bond acceptors (Lipinski definition) is 3. The van der Waals surface area contributed by atoms with E-state index < -0.39 is 0 Å². The lowest BCUT2D eigenvalue weighted by atomic mass is 10.2. The van der Waals surface area contributed by atoms with Crippen molar-refractivity contribution >= 4 is 5.84 Å². The number of amidine groups is 1. The minimum absolute atomic E-state index is 0.269. The van der Waals surface area contributed by atoms with Crippen molar-refractivity contribution in [3.63, 3.8) is 0 Å². The maximum atomic E-state index is 5.15. The predicted molar refractivity (Wildman–Crippen MR) is 55.2 cm³/mol. The second kappa shape index (κ2) is 5.97. The van der Waals surface area contributed by atoms with E-state index in [1.165, 1.54) is 25.1 Å². The summed E-state index contributed by atoms with van der Waals surface area (Å²) in [7, 11) is 1.74. The van der Waals surface area contributed by atoms with Gasteiger partial charge < -0.3 is 10.1 Å². The molecule has 1 aliphatic heterocycles. The lowest BCUT2D eigenvalue weighted by Gasteiger charge is -2.12. The van der Waals surface area contributed by atoms with Gasteiger partial charge in [0.1, 0.15) is 0 Å². The topological polar surface area (TPSA) is 33.6 Å². The summed E-state index contributed by atoms with van der Waals surface area (Å²) in [5.41, 5.74) is 0. The van der Waals surface area contributed by atoms with Crippen LogP contribution in [0.5, 0.6) is 0 Å². The fraction of sp³-hybridized carbons (Fsp3) is 0.900. The van der Waals surface area contributed by atoms with Crippen LogP contribution in [-0.4, -0.2) is 32.1 Å². The van der Waals surface area contributed by atoms with Crippen molar-refractivity contribution in [1.29, 1.82) is 0 Å². The van der Waals surface area contributed by atoms with Crippen molar-refractivity contribution in [2.75, 3.05) is 20.2 Å². The summed E-state index contributed by atoms with van der Waals surface area (Å²) >= 11 is 0. The average Bonchev–Trinajstić information content (AvgIpc) is 2.42. The van der Waals surface area contributed by atoms with Gasteiger partial charge in [0.15, 0.2) is 0 Å². The molecule has 0 aliphatic carbocycles. The molecule has 3 nitrogen and oxygen atoms in total. The summed E-state index contributed by atoms with van der Waals surface area (Å²) in [6.07, 6.45) is 5.20. The fourth-order valence-corrected chi connectivity index (χ4v) is 1.36. The van der Waals surface area contributed by atoms with Gasteiger partial charge in [-0.1, -0.05) is 6.42 Å². The van der Waals surface area contributed by atoms with Gasteiger partial charge in [-0.2, -0.15) is 0 Å². The standard InChI is InChI=1S/C10H20N2O/c1-9(13-2)8-12-10-6-4-3-5-7-11-10/h9H,3-8H2,1-2H3,(H,11,12). The molecule has 0 aromatic rings. The highest BCUT2D eigenvalue weighted by Crippen LogP contribution is 2.05. The first-order valence-electron chi connectivity index (χ1n) is 5.13. The Balaban J connectivity index is 2.22. The molecular formula is C10H20N2O. The Morgan fingerprint density at radius 3 is 3.08 bits per heavy atom. The minimum Gasteiger partial charge on any atom is -0.380 e. The molecule has 0 bridgehead atoms. The van der Waals surface area contributed by atoms with Crippen LogP contribution in [0.25, 0.3) is 0 Å². The largest absolute Gasteiger partial charge is 0.380 e. The Morgan fingerprint density at radius 1 is 1.46 bits per heavy atom. The van der Waals surface area contributed by atoms with Gasteiger partial charge >= 0.3 is 0 Å². The van der Waals surface area contributed by atoms with Crippen LogP contribution >= 0.6 is 0 Å². The summed E-state index contributed by atoms with van der Waals surface area (Å²) in [4.78, 5) is 4.48. The van der Waals surface area contributed by atoms with Crippen molar-refractivity contribution in [1.82, 2.24) is 5.32 Å². The Kier molecular flexibility index (Phi) is 4.83. The van der Waals surface area contributed by atoms with Crippen LogP contribution in [0.2, 0.25) is 0 Å². The second-order valence-corrected chi connectivity index (χ2v) is 3.57. The third-order valence-electron chi connectivity index (χ3n) is 2.37. The summed E-state index contributed by atoms with van der Waals surface area (Å²) in [6.45, 7) is 3.92. The van der Waals surface area contributed by atoms with Crippen molar-refractivity contribution in [3.05, 3.63) is 0 Å². The van der Waals surface area contributed by atoms with Gasteiger partial charge in [0, 0.05) is 26.6 Å². The molecule has 1 rings (SSSR count). The number of hydrogen-bond donors (Lipinski definition) is 1. The molecule has 0 amide bonds. The molecule has 0 aromatic carbocycles. The number of methoxy groups -OCH3 is 1. The molecule has 1 N–H and O–H groups in total. The Morgan fingerprint density at radius 2 is 2.31 bits per heavy atom. The molecule has 13 heavy (non-hydrogen) atoms. The van der Waals surface area contributed by atoms with E-state index in [2.05, 4.69) is 17.2 Å². The summed E-state index contributed by atoms with van der Waals surface area (Å²) in [5, 5.41) is 3.34. The lowest BCUT2D eigenvalue weighted by Crippen LogP contribution is -2.31. The van der Waals surface area contributed by atoms with Gasteiger partial charge in [0.2, 0.25) is 0 Å². The van der Waals surface area contributed by atoms with Crippen LogP contribution in [0.4, 0.5) is 0 Å². The molecule has 0 saturated heterocycles. The third kappa shape index (κ3) is 4.27. The van der Waals surface area contributed by atoms with E-state index in [-0.39, 0.29) is 6.10 Å². The number of nitrogens with zero attached hydrogens (tertiary/aromatic N) is 1. The van der Waals surface area contributed by atoms with Crippen LogP contribution in [0.15, 0.2) is 4.99 Å². The van der Waals surface area contributed by atoms with Crippen LogP contribution < -0.4 is 5.32 Å². The summed E-state index contributed by atoms with van der Waals surface area (Å²) in [5.74, 6) is 1.17. The number of rotatable bonds is 3. The van der Waals surface area contributed by atoms with Crippen LogP contribution in [0.1, 0.15) is 32.6 Å². The molecular weight excluding hydrogens is 164 g/mol. The fourth-order valence-electron chi connectivity index (χ4n) is 1.36. The molecule has 0 radical (unpaired) electrons. The zero-order chi connectivity index (χ0) is 9.52. The van der Waals surface area contributed by atoms with Gasteiger partial charge in [-0.3, -0.25) is 4.99 Å². The summed E-state index contributed by atoms with van der Waals surface area (Å²) < 4.78 is 5.15. The van der Waals surface area contributed by atoms with Gasteiger partial charge in [-0.25, -0.2) is 0 Å². The van der Waals surface area contributed by atoms with Gasteiger partial charge in [0.05, 0.1) is 11.9 Å². The molecule has 1 unspecified atom stereocenters. The van der Waals surface area contributed by atoms with Crippen molar-refractivity contribution in [2.45, 2.75) is 38.7 Å². The first kappa shape index (κ1) is 10.5. The molecule has 1 atom stereocenters. The van der Waals surface area contributed by atoms with E-state index in [1.54, 1.807) is 7.11 Å². The quantitative estimate of drug-likeness (QED) is 0.722. The monoisotopic (exact) mass is 184 g/mol. The van der Waals surface area contributed by atoms with E-state index in [9.17, 15) is 0 Å². The zero-order valence-electron chi connectivity index (χ0n) is 8.68. The molecule has 1 heterocycles. The van der Waals surface area contributed by atoms with E-state index in [1.807, 2.05) is 0 Å². The molecule has 0 aromatic heterocycles. The van der Waals surface area contributed by atoms with Crippen LogP contribution in [-0.2, 0) is 4.74 Å². The highest BCUT2D eigenvalue weighted by Gasteiger charge is 2.05. The smallest absolute Gasteiger partial charge is 0.0963 e. The summed E-state index contributed by atoms with van der Waals surface area (Å²) in [6, 6.07) is 0. The maximum absolute atomic E-state index is 5.15. The molecule has 0 saturated carbocycles. The maximum Gasteiger partial charge on any atom is 0.0963 e. The molecule has 0 fully saturated rings. The highest BCUT2D eigenvalue weighted by atomic mass is 16.5. The molecule has 0 spiro atoms. The van der Waals surface area contributed by atoms with E-state index in [0.29, 0.717) is 0 Å². The normalized spacial score (nSPS) is 20.3. The van der Waals surface area contributed by atoms with Crippen molar-refractivity contribution in [3.8, 4) is 0 Å². The van der Waals surface area contributed by atoms with Gasteiger partial charge in [-0.15, -0.1) is 0 Å². The molecule has 76 valence electrons. The third-order valence-corrected chi connectivity index (χ3v) is 2.37. The predicted octanol–water partition coefficient (Wildman–Crippen LogP) is 1.58. The van der Waals surface area contributed by atoms with Crippen LogP contribution in [0, 0.1) is 0 Å². The van der Waals surface area contributed by atoms with E-state index in [4.69, 9.17) is 4.74 Å². The Hall–Kier alpha value is -0.570. The van der Waals surface area contributed by atoms with Gasteiger partial charge in [-0.05, 0) is 19.8 Å². The number of nitrogens with one attached hydrogen (secondary N) is 1. The van der Waals surface area contributed by atoms with Gasteiger partial charge in [0.25, 0.3) is 0 Å². The van der Waals surface area contributed by atoms with Crippen LogP contribution in [0.3, 0.4) is 0 Å². The Bertz CT molecular complexity index is 168. The zero-order valence-corrected chi connectivity index (χ0v) is 8.68. The number of ether oxygens (including phenoxy) is 1. The number of aliphatic imine (C=N–C) groups is 1. The van der Waals surface area contributed by atoms with E-state index >= 15 is 0 Å². The van der Waals surface area contributed by atoms with Crippen molar-refractivity contribution < 1.29 is 4.74 Å². The molecule has 3 heteroatoms. The second-order valence-electron chi connectivity index (χ2n) is 3.57. The van der Waals surface area contributed by atoms with E-state index in [0.717, 1.165) is 19.5 Å². The molecule has 1 aliphatic rings.